The van der Waals surface area contributed by atoms with E-state index in [-0.39, 0.29) is 24.8 Å². The third-order valence-electron chi connectivity index (χ3n) is 5.32. The first-order chi connectivity index (χ1) is 13.4. The first-order valence-corrected chi connectivity index (χ1v) is 9.57. The number of amides is 1. The van der Waals surface area contributed by atoms with E-state index in [1.807, 2.05) is 12.1 Å². The van der Waals surface area contributed by atoms with Gasteiger partial charge in [0.05, 0.1) is 12.8 Å². The Kier molecular flexibility index (Phi) is 5.18. The molecule has 3 heterocycles. The Morgan fingerprint density at radius 2 is 1.96 bits per heavy atom. The lowest BCUT2D eigenvalue weighted by atomic mass is 10.2. The van der Waals surface area contributed by atoms with Crippen molar-refractivity contribution >= 4 is 5.91 Å². The molecule has 2 aromatic heterocycles. The number of hydrogen-bond acceptors (Lipinski definition) is 4. The van der Waals surface area contributed by atoms with Gasteiger partial charge in [-0.1, -0.05) is 0 Å². The number of rotatable bonds is 6. The minimum Gasteiger partial charge on any atom is -0.468 e. The molecule has 4 rings (SSSR count). The number of aromatic nitrogens is 2. The molecule has 1 aliphatic heterocycles. The summed E-state index contributed by atoms with van der Waals surface area (Å²) >= 11 is 0. The summed E-state index contributed by atoms with van der Waals surface area (Å²) in [6.45, 7) is 3.63. The number of furan rings is 1. The molecule has 1 saturated heterocycles. The SMILES string of the molecule is O=C(CCn1nc(C(F)(F)F)cc1C1CC1)N1CCN(Cc2ccco2)CC1. The molecule has 1 aliphatic carbocycles. The summed E-state index contributed by atoms with van der Waals surface area (Å²) in [5, 5.41) is 3.72. The molecule has 2 fully saturated rings. The number of halogens is 3. The van der Waals surface area contributed by atoms with Crippen molar-refractivity contribution in [2.24, 2.45) is 0 Å². The largest absolute Gasteiger partial charge is 0.468 e. The lowest BCUT2D eigenvalue weighted by Crippen LogP contribution is -2.48. The van der Waals surface area contributed by atoms with Crippen molar-refractivity contribution in [1.82, 2.24) is 19.6 Å². The maximum atomic E-state index is 13.0. The van der Waals surface area contributed by atoms with Gasteiger partial charge in [-0.05, 0) is 31.0 Å². The van der Waals surface area contributed by atoms with Gasteiger partial charge in [0.15, 0.2) is 5.69 Å². The number of carbonyl (C=O) groups is 1. The fourth-order valence-corrected chi connectivity index (χ4v) is 3.59. The lowest BCUT2D eigenvalue weighted by molar-refractivity contribution is -0.141. The van der Waals surface area contributed by atoms with Crippen molar-refractivity contribution in [3.8, 4) is 0 Å². The van der Waals surface area contributed by atoms with E-state index in [0.29, 0.717) is 25.3 Å². The van der Waals surface area contributed by atoms with Crippen molar-refractivity contribution in [3.05, 3.63) is 41.6 Å². The van der Waals surface area contributed by atoms with Crippen LogP contribution in [0.3, 0.4) is 0 Å². The highest BCUT2D eigenvalue weighted by molar-refractivity contribution is 5.76. The van der Waals surface area contributed by atoms with Crippen LogP contribution in [0.2, 0.25) is 0 Å². The van der Waals surface area contributed by atoms with Crippen LogP contribution in [0.25, 0.3) is 0 Å². The van der Waals surface area contributed by atoms with Crippen LogP contribution >= 0.6 is 0 Å². The Labute approximate surface area is 160 Å². The number of aryl methyl sites for hydroxylation is 1. The fraction of sp³-hybridized carbons (Fsp3) is 0.579. The second kappa shape index (κ2) is 7.62. The topological polar surface area (TPSA) is 54.5 Å². The Balaban J connectivity index is 1.30. The first kappa shape index (κ1) is 19.0. The van der Waals surface area contributed by atoms with Crippen LogP contribution in [0.4, 0.5) is 13.2 Å². The van der Waals surface area contributed by atoms with Gasteiger partial charge in [-0.25, -0.2) is 0 Å². The lowest BCUT2D eigenvalue weighted by Gasteiger charge is -2.34. The van der Waals surface area contributed by atoms with E-state index in [9.17, 15) is 18.0 Å². The van der Waals surface area contributed by atoms with Gasteiger partial charge in [0, 0.05) is 50.8 Å². The molecule has 0 bridgehead atoms. The number of carbonyl (C=O) groups excluding carboxylic acids is 1. The summed E-state index contributed by atoms with van der Waals surface area (Å²) in [5.41, 5.74) is -0.267. The van der Waals surface area contributed by atoms with Gasteiger partial charge in [-0.15, -0.1) is 0 Å². The number of alkyl halides is 3. The van der Waals surface area contributed by atoms with Gasteiger partial charge in [0.2, 0.25) is 5.91 Å². The van der Waals surface area contributed by atoms with Crippen molar-refractivity contribution in [1.29, 1.82) is 0 Å². The van der Waals surface area contributed by atoms with Crippen molar-refractivity contribution in [2.45, 2.75) is 44.4 Å². The first-order valence-electron chi connectivity index (χ1n) is 9.57. The molecule has 2 aliphatic rings. The Morgan fingerprint density at radius 1 is 1.21 bits per heavy atom. The van der Waals surface area contributed by atoms with Gasteiger partial charge in [-0.3, -0.25) is 14.4 Å². The Bertz CT molecular complexity index is 804. The zero-order valence-corrected chi connectivity index (χ0v) is 15.5. The minimum absolute atomic E-state index is 0.0385. The highest BCUT2D eigenvalue weighted by Crippen LogP contribution is 2.42. The van der Waals surface area contributed by atoms with Gasteiger partial charge in [0.1, 0.15) is 5.76 Å². The summed E-state index contributed by atoms with van der Waals surface area (Å²) in [6.07, 6.45) is -0.881. The monoisotopic (exact) mass is 396 g/mol. The van der Waals surface area contributed by atoms with Crippen LogP contribution in [0.5, 0.6) is 0 Å². The molecule has 1 saturated carbocycles. The van der Waals surface area contributed by atoms with E-state index in [1.54, 1.807) is 11.2 Å². The average molecular weight is 396 g/mol. The van der Waals surface area contributed by atoms with E-state index in [4.69, 9.17) is 4.42 Å². The molecule has 9 heteroatoms. The van der Waals surface area contributed by atoms with E-state index in [2.05, 4.69) is 10.00 Å². The zero-order chi connectivity index (χ0) is 19.7. The van der Waals surface area contributed by atoms with Crippen LogP contribution in [0.15, 0.2) is 28.9 Å². The van der Waals surface area contributed by atoms with Gasteiger partial charge >= 0.3 is 6.18 Å². The third-order valence-corrected chi connectivity index (χ3v) is 5.32. The summed E-state index contributed by atoms with van der Waals surface area (Å²) < 4.78 is 45.6. The predicted octanol–water partition coefficient (Wildman–Crippen LogP) is 3.11. The summed E-state index contributed by atoms with van der Waals surface area (Å²) in [7, 11) is 0. The van der Waals surface area contributed by atoms with E-state index in [1.165, 1.54) is 4.68 Å². The molecular weight excluding hydrogens is 373 g/mol. The third kappa shape index (κ3) is 4.40. The number of piperazine rings is 1. The molecule has 28 heavy (non-hydrogen) atoms. The minimum atomic E-state index is -4.46. The standard InChI is InChI=1S/C19H23F3N4O2/c20-19(21,22)17-12-16(14-3-4-14)26(23-17)6-5-18(27)25-9-7-24(8-10-25)13-15-2-1-11-28-15/h1-2,11-12,14H,3-10,13H2. The molecule has 0 radical (unpaired) electrons. The van der Waals surface area contributed by atoms with Crippen LogP contribution in [-0.2, 0) is 24.1 Å². The highest BCUT2D eigenvalue weighted by atomic mass is 19.4. The second-order valence-corrected chi connectivity index (χ2v) is 7.44. The number of hydrogen-bond donors (Lipinski definition) is 0. The molecular formula is C19H23F3N4O2. The maximum absolute atomic E-state index is 13.0. The average Bonchev–Trinajstić information content (AvgIpc) is 3.19. The van der Waals surface area contributed by atoms with Crippen LogP contribution in [0, 0.1) is 0 Å². The molecule has 1 amide bonds. The highest BCUT2D eigenvalue weighted by Gasteiger charge is 2.37. The Morgan fingerprint density at radius 3 is 2.57 bits per heavy atom. The van der Waals surface area contributed by atoms with E-state index in [0.717, 1.165) is 37.8 Å². The quantitative estimate of drug-likeness (QED) is 0.753. The summed E-state index contributed by atoms with van der Waals surface area (Å²) in [6, 6.07) is 4.91. The summed E-state index contributed by atoms with van der Waals surface area (Å²) in [5.74, 6) is 0.999. The van der Waals surface area contributed by atoms with Crippen LogP contribution < -0.4 is 0 Å². The fourth-order valence-electron chi connectivity index (χ4n) is 3.59. The van der Waals surface area contributed by atoms with Gasteiger partial charge in [-0.2, -0.15) is 18.3 Å². The van der Waals surface area contributed by atoms with Crippen molar-refractivity contribution in [2.75, 3.05) is 26.2 Å². The molecule has 2 aromatic rings. The van der Waals surface area contributed by atoms with Crippen LogP contribution in [-0.4, -0.2) is 51.7 Å². The molecule has 6 nitrogen and oxygen atoms in total. The van der Waals surface area contributed by atoms with Crippen LogP contribution in [0.1, 0.15) is 42.3 Å². The second-order valence-electron chi connectivity index (χ2n) is 7.44. The molecule has 0 unspecified atom stereocenters. The molecule has 152 valence electrons. The van der Waals surface area contributed by atoms with Gasteiger partial charge in [0.25, 0.3) is 0 Å². The zero-order valence-electron chi connectivity index (χ0n) is 15.5. The Hall–Kier alpha value is -2.29. The van der Waals surface area contributed by atoms with Crippen molar-refractivity contribution in [3.63, 3.8) is 0 Å². The predicted molar refractivity (Wildman–Crippen MR) is 94.4 cm³/mol. The number of nitrogens with zero attached hydrogens (tertiary/aromatic N) is 4. The molecule has 0 atom stereocenters. The molecule has 0 N–H and O–H groups in total. The van der Waals surface area contributed by atoms with Crippen molar-refractivity contribution < 1.29 is 22.4 Å². The molecule has 0 spiro atoms. The normalized spacial score (nSPS) is 18.6. The van der Waals surface area contributed by atoms with Gasteiger partial charge < -0.3 is 9.32 Å². The smallest absolute Gasteiger partial charge is 0.435 e. The summed E-state index contributed by atoms with van der Waals surface area (Å²) in [4.78, 5) is 16.5. The molecule has 0 aromatic carbocycles. The van der Waals surface area contributed by atoms with E-state index >= 15 is 0 Å². The maximum Gasteiger partial charge on any atom is 0.435 e. The van der Waals surface area contributed by atoms with E-state index < -0.39 is 11.9 Å².